The lowest BCUT2D eigenvalue weighted by Gasteiger charge is -2.14. The van der Waals surface area contributed by atoms with Crippen LogP contribution in [-0.4, -0.2) is 18.2 Å². The Bertz CT molecular complexity index is 1050. The van der Waals surface area contributed by atoms with Gasteiger partial charge >= 0.3 is 5.97 Å². The first-order valence-electron chi connectivity index (χ1n) is 9.65. The van der Waals surface area contributed by atoms with E-state index in [2.05, 4.69) is 10.6 Å². The molecule has 0 unspecified atom stereocenters. The number of ether oxygens (including phenoxy) is 2. The number of halogens is 1. The van der Waals surface area contributed by atoms with E-state index in [1.807, 2.05) is 37.3 Å². The quantitative estimate of drug-likeness (QED) is 0.401. The van der Waals surface area contributed by atoms with E-state index in [1.54, 1.807) is 24.3 Å². The number of hydrogen-bond acceptors (Lipinski definition) is 4. The summed E-state index contributed by atoms with van der Waals surface area (Å²) in [6.07, 6.45) is 0. The van der Waals surface area contributed by atoms with E-state index in [4.69, 9.17) is 21.7 Å². The first kappa shape index (κ1) is 22.2. The highest BCUT2D eigenvalue weighted by Gasteiger charge is 2.12. The third-order valence-electron chi connectivity index (χ3n) is 4.68. The number of hydrogen-bond donors (Lipinski definition) is 2. The van der Waals surface area contributed by atoms with E-state index in [1.165, 1.54) is 19.2 Å². The summed E-state index contributed by atoms with van der Waals surface area (Å²) in [5.41, 5.74) is 3.92. The van der Waals surface area contributed by atoms with Crippen LogP contribution in [0, 0.1) is 12.7 Å². The summed E-state index contributed by atoms with van der Waals surface area (Å²) in [5, 5.41) is 6.71. The Morgan fingerprint density at radius 1 is 1.00 bits per heavy atom. The smallest absolute Gasteiger partial charge is 0.338 e. The van der Waals surface area contributed by atoms with Crippen LogP contribution in [0.25, 0.3) is 0 Å². The van der Waals surface area contributed by atoms with Gasteiger partial charge in [0.15, 0.2) is 5.11 Å². The molecule has 160 valence electrons. The number of esters is 1. The van der Waals surface area contributed by atoms with Gasteiger partial charge in [-0.1, -0.05) is 30.3 Å². The molecule has 0 radical (unpaired) electrons. The van der Waals surface area contributed by atoms with Crippen LogP contribution < -0.4 is 15.4 Å². The summed E-state index contributed by atoms with van der Waals surface area (Å²) in [6.45, 7) is 2.73. The Kier molecular flexibility index (Phi) is 7.56. The highest BCUT2D eigenvalue weighted by Crippen LogP contribution is 2.20. The van der Waals surface area contributed by atoms with Gasteiger partial charge in [0.05, 0.1) is 12.7 Å². The van der Waals surface area contributed by atoms with Crippen molar-refractivity contribution < 1.29 is 18.7 Å². The van der Waals surface area contributed by atoms with Crippen LogP contribution in [0.5, 0.6) is 5.75 Å². The monoisotopic (exact) mass is 438 g/mol. The van der Waals surface area contributed by atoms with Crippen molar-refractivity contribution in [2.75, 3.05) is 12.4 Å². The molecular weight excluding hydrogens is 415 g/mol. The number of carbonyl (C=O) groups excluding carboxylic acids is 1. The van der Waals surface area contributed by atoms with Crippen LogP contribution in [0.15, 0.2) is 66.7 Å². The largest absolute Gasteiger partial charge is 0.489 e. The SMILES string of the molecule is COC(=O)c1cccc(NC(=S)NCc2ccc(OCc3ccc(F)cc3)cc2)c1C. The lowest BCUT2D eigenvalue weighted by molar-refractivity contribution is 0.0600. The number of carbonyl (C=O) groups is 1. The highest BCUT2D eigenvalue weighted by molar-refractivity contribution is 7.80. The Hall–Kier alpha value is -3.45. The molecule has 7 heteroatoms. The fourth-order valence-electron chi connectivity index (χ4n) is 2.90. The number of nitrogens with one attached hydrogen (secondary N) is 2. The summed E-state index contributed by atoms with van der Waals surface area (Å²) in [7, 11) is 1.35. The van der Waals surface area contributed by atoms with Crippen LogP contribution in [0.4, 0.5) is 10.1 Å². The molecule has 0 aromatic heterocycles. The maximum absolute atomic E-state index is 13.0. The van der Waals surface area contributed by atoms with E-state index in [-0.39, 0.29) is 11.8 Å². The molecule has 0 amide bonds. The third kappa shape index (κ3) is 6.26. The van der Waals surface area contributed by atoms with Gasteiger partial charge in [0.1, 0.15) is 18.2 Å². The first-order chi connectivity index (χ1) is 15.0. The molecule has 3 aromatic carbocycles. The van der Waals surface area contributed by atoms with Crippen molar-refractivity contribution in [2.24, 2.45) is 0 Å². The number of thiocarbonyl (C=S) groups is 1. The molecule has 0 fully saturated rings. The molecule has 0 heterocycles. The summed E-state index contributed by atoms with van der Waals surface area (Å²) < 4.78 is 23.5. The molecule has 3 aromatic rings. The molecule has 0 atom stereocenters. The normalized spacial score (nSPS) is 10.3. The topological polar surface area (TPSA) is 59.6 Å². The maximum atomic E-state index is 13.0. The van der Waals surface area contributed by atoms with Gasteiger partial charge in [-0.3, -0.25) is 0 Å². The van der Waals surface area contributed by atoms with Crippen LogP contribution >= 0.6 is 12.2 Å². The number of rotatable bonds is 7. The molecule has 0 spiro atoms. The second-order valence-electron chi connectivity index (χ2n) is 6.84. The Balaban J connectivity index is 1.50. The Morgan fingerprint density at radius 2 is 1.68 bits per heavy atom. The van der Waals surface area contributed by atoms with Gasteiger partial charge in [-0.25, -0.2) is 9.18 Å². The van der Waals surface area contributed by atoms with Crippen molar-refractivity contribution in [3.05, 3.63) is 94.8 Å². The minimum atomic E-state index is -0.387. The van der Waals surface area contributed by atoms with Gasteiger partial charge in [0.25, 0.3) is 0 Å². The lowest BCUT2D eigenvalue weighted by Crippen LogP contribution is -2.28. The van der Waals surface area contributed by atoms with E-state index >= 15 is 0 Å². The zero-order valence-corrected chi connectivity index (χ0v) is 18.1. The molecule has 0 saturated carbocycles. The predicted octanol–water partition coefficient (Wildman–Crippen LogP) is 4.99. The molecule has 0 saturated heterocycles. The zero-order chi connectivity index (χ0) is 22.2. The lowest BCUT2D eigenvalue weighted by atomic mass is 10.1. The summed E-state index contributed by atoms with van der Waals surface area (Å²) in [6, 6.07) is 19.2. The van der Waals surface area contributed by atoms with E-state index in [9.17, 15) is 9.18 Å². The van der Waals surface area contributed by atoms with E-state index in [0.29, 0.717) is 23.8 Å². The van der Waals surface area contributed by atoms with Gasteiger partial charge < -0.3 is 20.1 Å². The summed E-state index contributed by atoms with van der Waals surface area (Å²) in [5.74, 6) is 0.0742. The van der Waals surface area contributed by atoms with Crippen molar-refractivity contribution in [3.63, 3.8) is 0 Å². The molecule has 0 aliphatic carbocycles. The zero-order valence-electron chi connectivity index (χ0n) is 17.3. The average molecular weight is 439 g/mol. The van der Waals surface area contributed by atoms with Crippen molar-refractivity contribution >= 4 is 29.0 Å². The van der Waals surface area contributed by atoms with Crippen LogP contribution in [-0.2, 0) is 17.9 Å². The minimum Gasteiger partial charge on any atom is -0.489 e. The van der Waals surface area contributed by atoms with Gasteiger partial charge in [-0.2, -0.15) is 0 Å². The molecule has 2 N–H and O–H groups in total. The fraction of sp³-hybridized carbons (Fsp3) is 0.167. The molecule has 0 aliphatic heterocycles. The van der Waals surface area contributed by atoms with Crippen molar-refractivity contribution in [1.82, 2.24) is 5.32 Å². The number of anilines is 1. The standard InChI is InChI=1S/C24H23FN2O3S/c1-16-21(23(28)29-2)4-3-5-22(16)27-24(31)26-14-17-8-12-20(13-9-17)30-15-18-6-10-19(25)11-7-18/h3-13H,14-15H2,1-2H3,(H2,26,27,31). The minimum absolute atomic E-state index is 0.265. The number of benzene rings is 3. The maximum Gasteiger partial charge on any atom is 0.338 e. The molecular formula is C24H23FN2O3S. The van der Waals surface area contributed by atoms with Crippen LogP contribution in [0.2, 0.25) is 0 Å². The van der Waals surface area contributed by atoms with Gasteiger partial charge in [0.2, 0.25) is 0 Å². The van der Waals surface area contributed by atoms with Gasteiger partial charge in [0, 0.05) is 12.2 Å². The van der Waals surface area contributed by atoms with Gasteiger partial charge in [-0.05, 0) is 72.2 Å². The number of methoxy groups -OCH3 is 1. The second-order valence-corrected chi connectivity index (χ2v) is 7.24. The molecule has 3 rings (SSSR count). The summed E-state index contributed by atoms with van der Waals surface area (Å²) >= 11 is 5.37. The summed E-state index contributed by atoms with van der Waals surface area (Å²) in [4.78, 5) is 11.8. The fourth-order valence-corrected chi connectivity index (χ4v) is 3.08. The van der Waals surface area contributed by atoms with Gasteiger partial charge in [-0.15, -0.1) is 0 Å². The molecule has 0 aliphatic rings. The molecule has 31 heavy (non-hydrogen) atoms. The molecule has 0 bridgehead atoms. The van der Waals surface area contributed by atoms with Crippen molar-refractivity contribution in [1.29, 1.82) is 0 Å². The predicted molar refractivity (Wildman–Crippen MR) is 123 cm³/mol. The van der Waals surface area contributed by atoms with Crippen LogP contribution in [0.3, 0.4) is 0 Å². The second kappa shape index (κ2) is 10.5. The average Bonchev–Trinajstić information content (AvgIpc) is 2.79. The Morgan fingerprint density at radius 3 is 2.35 bits per heavy atom. The first-order valence-corrected chi connectivity index (χ1v) is 10.1. The van der Waals surface area contributed by atoms with E-state index < -0.39 is 0 Å². The molecule has 5 nitrogen and oxygen atoms in total. The van der Waals surface area contributed by atoms with Crippen molar-refractivity contribution in [3.8, 4) is 5.75 Å². The third-order valence-corrected chi connectivity index (χ3v) is 4.93. The van der Waals surface area contributed by atoms with Crippen molar-refractivity contribution in [2.45, 2.75) is 20.1 Å². The Labute approximate surface area is 186 Å². The van der Waals surface area contributed by atoms with E-state index in [0.717, 1.165) is 28.1 Å². The van der Waals surface area contributed by atoms with Crippen LogP contribution in [0.1, 0.15) is 27.0 Å². The highest BCUT2D eigenvalue weighted by atomic mass is 32.1.